The standard InChI is InChI=1S/C60H39B2N3O/c1-6-20-40(21-7-1)42-34-54-59-55(35-42)65(46-28-14-5-15-29-46)53-39-57-50(38-49(53)61(59)47-30-16-18-32-51(47)63(54)44-24-10-3-11-25-44)62-48-31-17-19-33-52(48)64(45-26-12-4-13-27-45)56-36-43(37-58(66-57)60(56)62)41-22-8-2-9-23-41/h1-39H. The fourth-order valence-corrected chi connectivity index (χ4v) is 11.3. The van der Waals surface area contributed by atoms with E-state index in [9.17, 15) is 0 Å². The number of rotatable bonds is 5. The monoisotopic (exact) mass is 839 g/mol. The van der Waals surface area contributed by atoms with Crippen molar-refractivity contribution in [3.05, 3.63) is 237 Å². The van der Waals surface area contributed by atoms with Crippen LogP contribution in [0.1, 0.15) is 0 Å². The maximum atomic E-state index is 7.41. The van der Waals surface area contributed by atoms with E-state index in [2.05, 4.69) is 251 Å². The van der Waals surface area contributed by atoms with Crippen LogP contribution in [0.25, 0.3) is 22.3 Å². The van der Waals surface area contributed by atoms with Crippen molar-refractivity contribution in [1.29, 1.82) is 0 Å². The second-order valence-electron chi connectivity index (χ2n) is 17.6. The van der Waals surface area contributed by atoms with Gasteiger partial charge in [-0.1, -0.05) is 158 Å². The SMILES string of the molecule is c1ccc(-c2cc3c4c(c2)N(c2ccccc2)c2ccccc2B4c2cc4c(cc2O3)N(c2ccccc2)c2cc(-c3ccccc3)cc3c2B4c2ccccc2N3c2ccccc2)cc1. The van der Waals surface area contributed by atoms with Crippen molar-refractivity contribution in [1.82, 2.24) is 0 Å². The van der Waals surface area contributed by atoms with Gasteiger partial charge in [0.1, 0.15) is 11.5 Å². The van der Waals surface area contributed by atoms with E-state index in [4.69, 9.17) is 4.74 Å². The van der Waals surface area contributed by atoms with Gasteiger partial charge in [0, 0.05) is 57.3 Å². The van der Waals surface area contributed by atoms with E-state index < -0.39 is 0 Å². The zero-order valence-corrected chi connectivity index (χ0v) is 35.9. The summed E-state index contributed by atoms with van der Waals surface area (Å²) in [6, 6.07) is 86.3. The van der Waals surface area contributed by atoms with Crippen LogP contribution < -0.4 is 52.2 Å². The van der Waals surface area contributed by atoms with E-state index >= 15 is 0 Å². The number of nitrogens with zero attached hydrogens (tertiary/aromatic N) is 3. The zero-order valence-electron chi connectivity index (χ0n) is 35.9. The third-order valence-corrected chi connectivity index (χ3v) is 14.0. The van der Waals surface area contributed by atoms with Crippen molar-refractivity contribution in [3.63, 3.8) is 0 Å². The van der Waals surface area contributed by atoms with Gasteiger partial charge in [0.15, 0.2) is 0 Å². The van der Waals surface area contributed by atoms with Crippen LogP contribution >= 0.6 is 0 Å². The predicted octanol–water partition coefficient (Wildman–Crippen LogP) is 11.5. The highest BCUT2D eigenvalue weighted by molar-refractivity contribution is 7.02. The molecule has 0 N–H and O–H groups in total. The lowest BCUT2D eigenvalue weighted by Gasteiger charge is -2.45. The number of anilines is 9. The lowest BCUT2D eigenvalue weighted by molar-refractivity contribution is 0.488. The Balaban J connectivity index is 1.07. The number of ether oxygens (including phenoxy) is 1. The molecule has 66 heavy (non-hydrogen) atoms. The zero-order chi connectivity index (χ0) is 43.3. The van der Waals surface area contributed by atoms with Crippen molar-refractivity contribution in [3.8, 4) is 33.8 Å². The highest BCUT2D eigenvalue weighted by Crippen LogP contribution is 2.48. The first kappa shape index (κ1) is 37.0. The van der Waals surface area contributed by atoms with Gasteiger partial charge in [-0.25, -0.2) is 0 Å². The van der Waals surface area contributed by atoms with Crippen LogP contribution in [0.3, 0.4) is 0 Å². The number of para-hydroxylation sites is 5. The third-order valence-electron chi connectivity index (χ3n) is 14.0. The summed E-state index contributed by atoms with van der Waals surface area (Å²) in [7, 11) is 0. The molecule has 0 fully saturated rings. The number of benzene rings is 10. The quantitative estimate of drug-likeness (QED) is 0.161. The van der Waals surface area contributed by atoms with Gasteiger partial charge in [0.2, 0.25) is 0 Å². The second-order valence-corrected chi connectivity index (χ2v) is 17.6. The average molecular weight is 840 g/mol. The molecule has 10 aromatic rings. The first-order chi connectivity index (χ1) is 32.8. The highest BCUT2D eigenvalue weighted by Gasteiger charge is 2.47. The van der Waals surface area contributed by atoms with Gasteiger partial charge in [-0.15, -0.1) is 0 Å². The molecular weight excluding hydrogens is 800 g/mol. The first-order valence-electron chi connectivity index (χ1n) is 22.8. The fourth-order valence-electron chi connectivity index (χ4n) is 11.3. The lowest BCUT2D eigenvalue weighted by atomic mass is 9.30. The number of fused-ring (bicyclic) bond motifs is 8. The molecule has 0 saturated heterocycles. The van der Waals surface area contributed by atoms with Crippen molar-refractivity contribution >= 4 is 97.4 Å². The molecule has 6 heteroatoms. The van der Waals surface area contributed by atoms with Crippen LogP contribution in [0.4, 0.5) is 51.2 Å². The van der Waals surface area contributed by atoms with Gasteiger partial charge >= 0.3 is 0 Å². The van der Waals surface area contributed by atoms with Crippen LogP contribution in [-0.2, 0) is 0 Å². The van der Waals surface area contributed by atoms with E-state index in [-0.39, 0.29) is 13.4 Å². The van der Waals surface area contributed by atoms with Crippen molar-refractivity contribution in [2.75, 3.05) is 14.7 Å². The summed E-state index contributed by atoms with van der Waals surface area (Å²) in [4.78, 5) is 7.41. The molecule has 0 spiro atoms. The molecule has 0 radical (unpaired) electrons. The minimum absolute atomic E-state index is 0.0581. The van der Waals surface area contributed by atoms with Crippen LogP contribution in [0.15, 0.2) is 237 Å². The molecule has 4 nitrogen and oxygen atoms in total. The fraction of sp³-hybridized carbons (Fsp3) is 0. The highest BCUT2D eigenvalue weighted by atomic mass is 16.5. The molecule has 0 bridgehead atoms. The minimum Gasteiger partial charge on any atom is -0.458 e. The molecular formula is C60H39B2N3O. The largest absolute Gasteiger partial charge is 0.458 e. The van der Waals surface area contributed by atoms with Crippen LogP contribution in [0.5, 0.6) is 11.5 Å². The van der Waals surface area contributed by atoms with Gasteiger partial charge in [-0.3, -0.25) is 0 Å². The molecule has 0 aliphatic carbocycles. The molecule has 306 valence electrons. The summed E-state index contributed by atoms with van der Waals surface area (Å²) < 4.78 is 7.41. The Morgan fingerprint density at radius 2 is 0.652 bits per heavy atom. The Bertz CT molecular complexity index is 3530. The summed E-state index contributed by atoms with van der Waals surface area (Å²) >= 11 is 0. The second kappa shape index (κ2) is 14.5. The number of hydrogen-bond donors (Lipinski definition) is 0. The molecule has 0 atom stereocenters. The van der Waals surface area contributed by atoms with Crippen LogP contribution in [0.2, 0.25) is 0 Å². The van der Waals surface area contributed by atoms with Gasteiger partial charge in [0.25, 0.3) is 13.4 Å². The predicted molar refractivity (Wildman–Crippen MR) is 277 cm³/mol. The van der Waals surface area contributed by atoms with Gasteiger partial charge in [-0.05, 0) is 128 Å². The number of hydrogen-bond acceptors (Lipinski definition) is 4. The molecule has 0 aromatic heterocycles. The van der Waals surface area contributed by atoms with E-state index in [1.165, 1.54) is 61.0 Å². The summed E-state index contributed by atoms with van der Waals surface area (Å²) in [5.41, 5.74) is 22.4. The maximum absolute atomic E-state index is 7.41. The molecule has 10 aromatic carbocycles. The molecule has 4 aliphatic heterocycles. The van der Waals surface area contributed by atoms with Gasteiger partial charge < -0.3 is 19.4 Å². The summed E-state index contributed by atoms with van der Waals surface area (Å²) in [6.45, 7) is -0.131. The van der Waals surface area contributed by atoms with Crippen molar-refractivity contribution in [2.45, 2.75) is 0 Å². The molecule has 0 saturated carbocycles. The molecule has 14 rings (SSSR count). The van der Waals surface area contributed by atoms with E-state index in [1.807, 2.05) is 0 Å². The topological polar surface area (TPSA) is 19.0 Å². The van der Waals surface area contributed by atoms with Crippen molar-refractivity contribution in [2.24, 2.45) is 0 Å². The Kier molecular flexibility index (Phi) is 8.14. The molecule has 0 amide bonds. The normalized spacial score (nSPS) is 13.4. The summed E-state index contributed by atoms with van der Waals surface area (Å²) in [5.74, 6) is 1.76. The van der Waals surface area contributed by atoms with E-state index in [1.54, 1.807) is 0 Å². The Hall–Kier alpha value is -8.47. The minimum atomic E-state index is -0.0730. The third kappa shape index (κ3) is 5.48. The Labute approximate surface area is 385 Å². The van der Waals surface area contributed by atoms with Crippen molar-refractivity contribution < 1.29 is 4.74 Å². The lowest BCUT2D eigenvalue weighted by Crippen LogP contribution is -2.64. The molecule has 0 unspecified atom stereocenters. The van der Waals surface area contributed by atoms with Crippen LogP contribution in [-0.4, -0.2) is 13.4 Å². The van der Waals surface area contributed by atoms with E-state index in [0.717, 1.165) is 56.8 Å². The maximum Gasteiger partial charge on any atom is 0.256 e. The van der Waals surface area contributed by atoms with Gasteiger partial charge in [-0.2, -0.15) is 0 Å². The first-order valence-corrected chi connectivity index (χ1v) is 22.8. The smallest absolute Gasteiger partial charge is 0.256 e. The van der Waals surface area contributed by atoms with Gasteiger partial charge in [0.05, 0.1) is 0 Å². The molecule has 4 aliphatic rings. The van der Waals surface area contributed by atoms with Crippen LogP contribution in [0, 0.1) is 0 Å². The molecule has 4 heterocycles. The summed E-state index contributed by atoms with van der Waals surface area (Å²) in [5, 5.41) is 0. The summed E-state index contributed by atoms with van der Waals surface area (Å²) in [6.07, 6.45) is 0. The Morgan fingerprint density at radius 1 is 0.258 bits per heavy atom. The van der Waals surface area contributed by atoms with E-state index in [0.29, 0.717) is 0 Å². The Morgan fingerprint density at radius 3 is 1.15 bits per heavy atom. The average Bonchev–Trinajstić information content (AvgIpc) is 3.39.